The van der Waals surface area contributed by atoms with Crippen LogP contribution in [-0.4, -0.2) is 30.0 Å². The minimum absolute atomic E-state index is 0.188. The number of ether oxygens (including phenoxy) is 2. The molecule has 2 N–H and O–H groups in total. The fourth-order valence-corrected chi connectivity index (χ4v) is 7.73. The van der Waals surface area contributed by atoms with Crippen molar-refractivity contribution < 1.29 is 29.2 Å². The number of nitrogens with one attached hydrogen (secondary N) is 1. The lowest BCUT2D eigenvalue weighted by Gasteiger charge is -2.45. The normalized spacial score (nSPS) is 44.7. The zero-order valence-corrected chi connectivity index (χ0v) is 18.5. The molecule has 11 unspecified atom stereocenters. The molecular formula is C23H35NO6. The molecule has 0 aromatic heterocycles. The Bertz CT molecular complexity index is 722. The highest BCUT2D eigenvalue weighted by atomic mass is 17.1. The highest BCUT2D eigenvalue weighted by Crippen LogP contribution is 2.72. The van der Waals surface area contributed by atoms with Crippen molar-refractivity contribution in [1.82, 2.24) is 5.32 Å². The fraction of sp³-hybridized carbons (Fsp3) is 0.826. The Hall–Kier alpha value is -1.60. The van der Waals surface area contributed by atoms with Crippen molar-refractivity contribution in [2.45, 2.75) is 53.8 Å². The summed E-state index contributed by atoms with van der Waals surface area (Å²) in [5.74, 6) is 2.93. The minimum Gasteiger partial charge on any atom is -0.436 e. The van der Waals surface area contributed by atoms with E-state index in [-0.39, 0.29) is 29.5 Å². The Kier molecular flexibility index (Phi) is 5.88. The predicted octanol–water partition coefficient (Wildman–Crippen LogP) is 3.42. The van der Waals surface area contributed by atoms with E-state index in [0.717, 1.165) is 6.42 Å². The second kappa shape index (κ2) is 8.15. The fourth-order valence-electron chi connectivity index (χ4n) is 7.73. The van der Waals surface area contributed by atoms with Crippen LogP contribution in [0.25, 0.3) is 0 Å². The molecular weight excluding hydrogens is 386 g/mol. The zero-order valence-electron chi connectivity index (χ0n) is 18.5. The van der Waals surface area contributed by atoms with Gasteiger partial charge in [-0.25, -0.2) is 5.26 Å². The number of carbonyl (C=O) groups excluding carboxylic acids is 2. The topological polar surface area (TPSA) is 94.1 Å². The Morgan fingerprint density at radius 2 is 1.63 bits per heavy atom. The maximum Gasteiger partial charge on any atom is 0.312 e. The standard InChI is InChI=1S/C23H35NO6/c1-6-28-13(5)29-23(26)21-17-8-16(20(21)22(25)24-9-10(2)30-27)18-14-7-15(19(17)18)12(4)11(14)3/h9,11-21,27H,6-8H2,1-5H3,(H,24,25). The van der Waals surface area contributed by atoms with E-state index in [1.807, 2.05) is 6.92 Å². The van der Waals surface area contributed by atoms with E-state index in [0.29, 0.717) is 42.1 Å². The van der Waals surface area contributed by atoms with Crippen LogP contribution in [0.5, 0.6) is 0 Å². The molecule has 4 saturated carbocycles. The SMILES string of the molecule is CCOC(C)OC(=O)C1C2CC(C1C(=O)NC=C(C)OO)C1C3CC(C(C)C3C)C21. The first-order valence-corrected chi connectivity index (χ1v) is 11.4. The third kappa shape index (κ3) is 3.25. The van der Waals surface area contributed by atoms with Gasteiger partial charge in [0.2, 0.25) is 5.91 Å². The average Bonchev–Trinajstić information content (AvgIpc) is 3.44. The van der Waals surface area contributed by atoms with Gasteiger partial charge in [-0.15, -0.1) is 0 Å². The van der Waals surface area contributed by atoms with Crippen LogP contribution >= 0.6 is 0 Å². The van der Waals surface area contributed by atoms with Gasteiger partial charge < -0.3 is 19.7 Å². The number of amides is 1. The highest BCUT2D eigenvalue weighted by molar-refractivity contribution is 5.87. The van der Waals surface area contributed by atoms with Crippen LogP contribution in [0.15, 0.2) is 12.0 Å². The summed E-state index contributed by atoms with van der Waals surface area (Å²) in [6.45, 7) is 10.3. The largest absolute Gasteiger partial charge is 0.436 e. The summed E-state index contributed by atoms with van der Waals surface area (Å²) in [6.07, 6.45) is 2.88. The number of allylic oxidation sites excluding steroid dienone is 1. The summed E-state index contributed by atoms with van der Waals surface area (Å²) in [7, 11) is 0. The third-order valence-corrected chi connectivity index (χ3v) is 8.82. The second-order valence-electron chi connectivity index (χ2n) is 9.87. The van der Waals surface area contributed by atoms with Crippen LogP contribution in [0.4, 0.5) is 0 Å². The Labute approximate surface area is 178 Å². The smallest absolute Gasteiger partial charge is 0.312 e. The van der Waals surface area contributed by atoms with Gasteiger partial charge in [-0.2, -0.15) is 0 Å². The Morgan fingerprint density at radius 3 is 2.20 bits per heavy atom. The van der Waals surface area contributed by atoms with Crippen LogP contribution in [0.3, 0.4) is 0 Å². The van der Waals surface area contributed by atoms with Crippen molar-refractivity contribution in [3.8, 4) is 0 Å². The van der Waals surface area contributed by atoms with Crippen LogP contribution in [0.1, 0.15) is 47.5 Å². The molecule has 4 fully saturated rings. The van der Waals surface area contributed by atoms with Crippen molar-refractivity contribution in [2.24, 2.45) is 59.2 Å². The molecule has 0 aliphatic heterocycles. The predicted molar refractivity (Wildman–Crippen MR) is 108 cm³/mol. The number of esters is 1. The summed E-state index contributed by atoms with van der Waals surface area (Å²) >= 11 is 0. The molecule has 30 heavy (non-hydrogen) atoms. The Morgan fingerprint density at radius 1 is 1.07 bits per heavy atom. The molecule has 4 aliphatic carbocycles. The van der Waals surface area contributed by atoms with Gasteiger partial charge in [-0.1, -0.05) is 13.8 Å². The monoisotopic (exact) mass is 421 g/mol. The van der Waals surface area contributed by atoms with Gasteiger partial charge in [0.05, 0.1) is 11.8 Å². The summed E-state index contributed by atoms with van der Waals surface area (Å²) in [4.78, 5) is 30.6. The average molecular weight is 422 g/mol. The molecule has 11 atom stereocenters. The molecule has 0 spiro atoms. The maximum absolute atomic E-state index is 13.2. The molecule has 0 radical (unpaired) electrons. The zero-order chi connectivity index (χ0) is 21.7. The quantitative estimate of drug-likeness (QED) is 0.163. The van der Waals surface area contributed by atoms with E-state index in [1.54, 1.807) is 13.8 Å². The van der Waals surface area contributed by atoms with Crippen molar-refractivity contribution in [3.63, 3.8) is 0 Å². The minimum atomic E-state index is -0.620. The molecule has 4 rings (SSSR count). The van der Waals surface area contributed by atoms with Gasteiger partial charge in [0.25, 0.3) is 0 Å². The van der Waals surface area contributed by atoms with Crippen molar-refractivity contribution >= 4 is 11.9 Å². The summed E-state index contributed by atoms with van der Waals surface area (Å²) < 4.78 is 11.0. The highest BCUT2D eigenvalue weighted by Gasteiger charge is 2.71. The number of fused-ring (bicyclic) bond motifs is 9. The lowest BCUT2D eigenvalue weighted by molar-refractivity contribution is -0.202. The third-order valence-electron chi connectivity index (χ3n) is 8.82. The van der Waals surface area contributed by atoms with Gasteiger partial charge >= 0.3 is 5.97 Å². The van der Waals surface area contributed by atoms with Crippen LogP contribution in [0.2, 0.25) is 0 Å². The number of rotatable bonds is 7. The molecule has 1 amide bonds. The van der Waals surface area contributed by atoms with Gasteiger partial charge in [0.15, 0.2) is 12.0 Å². The molecule has 0 aromatic rings. The lowest BCUT2D eigenvalue weighted by atomic mass is 9.59. The van der Waals surface area contributed by atoms with E-state index in [2.05, 4.69) is 24.1 Å². The molecule has 7 heteroatoms. The van der Waals surface area contributed by atoms with E-state index in [1.165, 1.54) is 12.6 Å². The second-order valence-corrected chi connectivity index (χ2v) is 9.87. The lowest BCUT2D eigenvalue weighted by Crippen LogP contribution is -2.49. The van der Waals surface area contributed by atoms with E-state index in [4.69, 9.17) is 14.7 Å². The molecule has 0 aromatic carbocycles. The molecule has 0 heterocycles. The van der Waals surface area contributed by atoms with Gasteiger partial charge in [0.1, 0.15) is 0 Å². The number of carbonyl (C=O) groups is 2. The van der Waals surface area contributed by atoms with Crippen molar-refractivity contribution in [3.05, 3.63) is 12.0 Å². The van der Waals surface area contributed by atoms with Gasteiger partial charge in [0, 0.05) is 12.8 Å². The van der Waals surface area contributed by atoms with E-state index in [9.17, 15) is 9.59 Å². The first-order valence-electron chi connectivity index (χ1n) is 11.4. The Balaban J connectivity index is 1.60. The number of hydrogen-bond donors (Lipinski definition) is 2. The van der Waals surface area contributed by atoms with E-state index < -0.39 is 18.1 Å². The first kappa shape index (κ1) is 21.6. The van der Waals surface area contributed by atoms with Crippen molar-refractivity contribution in [1.29, 1.82) is 0 Å². The van der Waals surface area contributed by atoms with Gasteiger partial charge in [-0.3, -0.25) is 9.59 Å². The van der Waals surface area contributed by atoms with Crippen LogP contribution in [0, 0.1) is 59.2 Å². The molecule has 7 nitrogen and oxygen atoms in total. The molecule has 4 aliphatic rings. The maximum atomic E-state index is 13.2. The summed E-state index contributed by atoms with van der Waals surface area (Å²) in [5.41, 5.74) is 0. The first-order chi connectivity index (χ1) is 14.3. The van der Waals surface area contributed by atoms with Gasteiger partial charge in [-0.05, 0) is 81.0 Å². The van der Waals surface area contributed by atoms with Crippen LogP contribution < -0.4 is 5.32 Å². The molecule has 168 valence electrons. The van der Waals surface area contributed by atoms with Crippen molar-refractivity contribution in [2.75, 3.05) is 6.61 Å². The van der Waals surface area contributed by atoms with Crippen LogP contribution in [-0.2, 0) is 24.0 Å². The van der Waals surface area contributed by atoms with E-state index >= 15 is 0 Å². The number of hydrogen-bond acceptors (Lipinski definition) is 6. The molecule has 0 saturated heterocycles. The summed E-state index contributed by atoms with van der Waals surface area (Å²) in [5, 5.41) is 11.5. The summed E-state index contributed by atoms with van der Waals surface area (Å²) in [6, 6.07) is 0. The molecule has 4 bridgehead atoms.